The molecular weight excluding hydrogens is 404 g/mol. The third kappa shape index (κ3) is 6.21. The van der Waals surface area contributed by atoms with Crippen molar-refractivity contribution in [3.63, 3.8) is 0 Å². The van der Waals surface area contributed by atoms with Gasteiger partial charge in [-0.15, -0.1) is 0 Å². The third-order valence-corrected chi connectivity index (χ3v) is 5.53. The maximum Gasteiger partial charge on any atom is 0.263 e. The van der Waals surface area contributed by atoms with Gasteiger partial charge in [0.2, 0.25) is 10.0 Å². The number of nitrogens with zero attached hydrogens (tertiary/aromatic N) is 3. The SMILES string of the molecule is CCOc1ccc(N([C@@H](C)C(=O)N/N=C\c2ccc(N(C)C)cc2)S(C)(=O)=O)cc1. The molecule has 2 aromatic carbocycles. The van der Waals surface area contributed by atoms with Gasteiger partial charge in [-0.05, 0) is 55.8 Å². The number of sulfonamides is 1. The summed E-state index contributed by atoms with van der Waals surface area (Å²) in [5.74, 6) is 0.0761. The van der Waals surface area contributed by atoms with Gasteiger partial charge in [-0.1, -0.05) is 12.1 Å². The molecule has 2 rings (SSSR count). The number of ether oxygens (including phenoxy) is 1. The number of carbonyl (C=O) groups excluding carboxylic acids is 1. The fourth-order valence-corrected chi connectivity index (χ4v) is 3.96. The maximum atomic E-state index is 12.5. The van der Waals surface area contributed by atoms with Gasteiger partial charge in [-0.3, -0.25) is 9.10 Å². The number of hydrazone groups is 1. The summed E-state index contributed by atoms with van der Waals surface area (Å²) in [6.07, 6.45) is 2.56. The van der Waals surface area contributed by atoms with E-state index in [0.29, 0.717) is 18.0 Å². The average molecular weight is 433 g/mol. The Labute approximate surface area is 178 Å². The van der Waals surface area contributed by atoms with Crippen LogP contribution in [0.15, 0.2) is 53.6 Å². The van der Waals surface area contributed by atoms with Crippen LogP contribution in [0.5, 0.6) is 5.75 Å². The van der Waals surface area contributed by atoms with Gasteiger partial charge in [-0.2, -0.15) is 5.10 Å². The molecule has 0 fully saturated rings. The lowest BCUT2D eigenvalue weighted by Crippen LogP contribution is -2.46. The molecule has 0 heterocycles. The molecule has 1 amide bonds. The molecule has 8 nitrogen and oxygen atoms in total. The predicted molar refractivity (Wildman–Crippen MR) is 121 cm³/mol. The molecule has 0 saturated carbocycles. The fourth-order valence-electron chi connectivity index (χ4n) is 2.79. The van der Waals surface area contributed by atoms with Crippen molar-refractivity contribution in [1.82, 2.24) is 5.43 Å². The summed E-state index contributed by atoms with van der Waals surface area (Å²) in [5, 5.41) is 3.95. The number of nitrogens with one attached hydrogen (secondary N) is 1. The minimum absolute atomic E-state index is 0.367. The smallest absolute Gasteiger partial charge is 0.263 e. The summed E-state index contributed by atoms with van der Waals surface area (Å²) >= 11 is 0. The molecule has 0 bridgehead atoms. The number of anilines is 2. The zero-order valence-corrected chi connectivity index (χ0v) is 18.7. The minimum atomic E-state index is -3.70. The first kappa shape index (κ1) is 23.2. The molecule has 0 radical (unpaired) electrons. The zero-order valence-electron chi connectivity index (χ0n) is 17.9. The van der Waals surface area contributed by atoms with Gasteiger partial charge in [0.05, 0.1) is 24.8 Å². The van der Waals surface area contributed by atoms with E-state index in [-0.39, 0.29) is 0 Å². The van der Waals surface area contributed by atoms with E-state index in [0.717, 1.165) is 21.8 Å². The Kier molecular flexibility index (Phi) is 7.82. The Balaban J connectivity index is 2.11. The summed E-state index contributed by atoms with van der Waals surface area (Å²) in [4.78, 5) is 14.5. The number of rotatable bonds is 9. The first-order valence-electron chi connectivity index (χ1n) is 9.46. The van der Waals surface area contributed by atoms with Crippen molar-refractivity contribution >= 4 is 33.5 Å². The van der Waals surface area contributed by atoms with Crippen LogP contribution in [-0.4, -0.2) is 53.5 Å². The van der Waals surface area contributed by atoms with Gasteiger partial charge in [-0.25, -0.2) is 13.8 Å². The maximum absolute atomic E-state index is 12.5. The summed E-state index contributed by atoms with van der Waals surface area (Å²) in [7, 11) is 0.192. The fraction of sp³-hybridized carbons (Fsp3) is 0.333. The molecule has 0 saturated heterocycles. The summed E-state index contributed by atoms with van der Waals surface area (Å²) in [6.45, 7) is 3.87. The number of hydrogen-bond acceptors (Lipinski definition) is 6. The molecule has 1 atom stereocenters. The Morgan fingerprint density at radius 1 is 1.10 bits per heavy atom. The lowest BCUT2D eigenvalue weighted by molar-refractivity contribution is -0.121. The van der Waals surface area contributed by atoms with Crippen LogP contribution < -0.4 is 19.4 Å². The van der Waals surface area contributed by atoms with Crippen LogP contribution in [0.25, 0.3) is 0 Å². The van der Waals surface area contributed by atoms with E-state index in [4.69, 9.17) is 4.74 Å². The minimum Gasteiger partial charge on any atom is -0.494 e. The van der Waals surface area contributed by atoms with Crippen LogP contribution in [0, 0.1) is 0 Å². The Hall–Kier alpha value is -3.07. The largest absolute Gasteiger partial charge is 0.494 e. The van der Waals surface area contributed by atoms with E-state index in [1.807, 2.05) is 50.2 Å². The summed E-state index contributed by atoms with van der Waals surface area (Å²) in [5.41, 5.74) is 4.63. The number of hydrogen-bond donors (Lipinski definition) is 1. The quantitative estimate of drug-likeness (QED) is 0.485. The van der Waals surface area contributed by atoms with E-state index in [2.05, 4.69) is 10.5 Å². The number of amides is 1. The van der Waals surface area contributed by atoms with E-state index in [1.54, 1.807) is 24.3 Å². The van der Waals surface area contributed by atoms with Crippen LogP contribution in [0.2, 0.25) is 0 Å². The van der Waals surface area contributed by atoms with Crippen LogP contribution in [0.3, 0.4) is 0 Å². The first-order chi connectivity index (χ1) is 14.1. The number of carbonyl (C=O) groups is 1. The highest BCUT2D eigenvalue weighted by Gasteiger charge is 2.29. The second-order valence-corrected chi connectivity index (χ2v) is 8.74. The zero-order chi connectivity index (χ0) is 22.3. The predicted octanol–water partition coefficient (Wildman–Crippen LogP) is 2.46. The van der Waals surface area contributed by atoms with E-state index in [1.165, 1.54) is 13.1 Å². The summed E-state index contributed by atoms with van der Waals surface area (Å²) in [6, 6.07) is 13.2. The van der Waals surface area contributed by atoms with E-state index < -0.39 is 22.0 Å². The van der Waals surface area contributed by atoms with Gasteiger partial charge in [0.25, 0.3) is 5.91 Å². The van der Waals surface area contributed by atoms with E-state index >= 15 is 0 Å². The van der Waals surface area contributed by atoms with Gasteiger partial charge in [0, 0.05) is 19.8 Å². The lowest BCUT2D eigenvalue weighted by Gasteiger charge is -2.27. The molecule has 0 aliphatic rings. The van der Waals surface area contributed by atoms with E-state index in [9.17, 15) is 13.2 Å². The van der Waals surface area contributed by atoms with Crippen molar-refractivity contribution in [3.05, 3.63) is 54.1 Å². The highest BCUT2D eigenvalue weighted by Crippen LogP contribution is 2.24. The third-order valence-electron chi connectivity index (χ3n) is 4.29. The Bertz CT molecular complexity index is 971. The lowest BCUT2D eigenvalue weighted by atomic mass is 10.2. The van der Waals surface area contributed by atoms with Crippen molar-refractivity contribution in [3.8, 4) is 5.75 Å². The van der Waals surface area contributed by atoms with Gasteiger partial charge in [0.1, 0.15) is 11.8 Å². The molecule has 2 aromatic rings. The van der Waals surface area contributed by atoms with Crippen molar-refractivity contribution in [2.24, 2.45) is 5.10 Å². The number of benzene rings is 2. The highest BCUT2D eigenvalue weighted by molar-refractivity contribution is 7.92. The van der Waals surface area contributed by atoms with Crippen LogP contribution >= 0.6 is 0 Å². The molecule has 162 valence electrons. The molecule has 1 N–H and O–H groups in total. The molecule has 0 unspecified atom stereocenters. The van der Waals surface area contributed by atoms with Crippen molar-refractivity contribution in [2.45, 2.75) is 19.9 Å². The molecular formula is C21H28N4O4S. The van der Waals surface area contributed by atoms with Crippen molar-refractivity contribution in [2.75, 3.05) is 36.2 Å². The van der Waals surface area contributed by atoms with Gasteiger partial charge in [0.15, 0.2) is 0 Å². The first-order valence-corrected chi connectivity index (χ1v) is 11.3. The second kappa shape index (κ2) is 10.1. The molecule has 0 spiro atoms. The molecule has 9 heteroatoms. The van der Waals surface area contributed by atoms with Crippen LogP contribution in [-0.2, 0) is 14.8 Å². The van der Waals surface area contributed by atoms with Gasteiger partial charge < -0.3 is 9.64 Å². The van der Waals surface area contributed by atoms with Crippen LogP contribution in [0.4, 0.5) is 11.4 Å². The van der Waals surface area contributed by atoms with Crippen molar-refractivity contribution in [1.29, 1.82) is 0 Å². The molecule has 0 aliphatic carbocycles. The summed E-state index contributed by atoms with van der Waals surface area (Å²) < 4.78 is 31.1. The second-order valence-electron chi connectivity index (χ2n) is 6.88. The van der Waals surface area contributed by atoms with Crippen molar-refractivity contribution < 1.29 is 17.9 Å². The average Bonchev–Trinajstić information content (AvgIpc) is 2.69. The Morgan fingerprint density at radius 3 is 2.17 bits per heavy atom. The standard InChI is InChI=1S/C21H28N4O4S/c1-6-29-20-13-11-19(12-14-20)25(30(5,27)28)16(2)21(26)23-22-15-17-7-9-18(10-8-17)24(3)4/h7-16H,6H2,1-5H3,(H,23,26)/b22-15-/t16-/m0/s1. The topological polar surface area (TPSA) is 91.3 Å². The molecule has 30 heavy (non-hydrogen) atoms. The van der Waals surface area contributed by atoms with Crippen LogP contribution in [0.1, 0.15) is 19.4 Å². The highest BCUT2D eigenvalue weighted by atomic mass is 32.2. The normalized spacial score (nSPS) is 12.4. The molecule has 0 aliphatic heterocycles. The Morgan fingerprint density at radius 2 is 1.67 bits per heavy atom. The molecule has 0 aromatic heterocycles. The monoisotopic (exact) mass is 432 g/mol. The van der Waals surface area contributed by atoms with Gasteiger partial charge >= 0.3 is 0 Å².